The van der Waals surface area contributed by atoms with Crippen LogP contribution in [0.1, 0.15) is 44.6 Å². The van der Waals surface area contributed by atoms with Crippen LogP contribution in [0.3, 0.4) is 0 Å². The van der Waals surface area contributed by atoms with Crippen LogP contribution in [0.2, 0.25) is 0 Å². The van der Waals surface area contributed by atoms with Gasteiger partial charge in [0.15, 0.2) is 0 Å². The van der Waals surface area contributed by atoms with Crippen LogP contribution in [0.15, 0.2) is 18.2 Å². The predicted molar refractivity (Wildman–Crippen MR) is 79.8 cm³/mol. The van der Waals surface area contributed by atoms with Crippen molar-refractivity contribution in [1.82, 2.24) is 0 Å². The van der Waals surface area contributed by atoms with E-state index in [0.29, 0.717) is 18.2 Å². The molecule has 3 nitrogen and oxygen atoms in total. The molecule has 1 aliphatic rings. The molecule has 2 unspecified atom stereocenters. The van der Waals surface area contributed by atoms with Gasteiger partial charge in [-0.15, -0.1) is 0 Å². The van der Waals surface area contributed by atoms with Gasteiger partial charge in [0, 0.05) is 17.4 Å². The van der Waals surface area contributed by atoms with Crippen molar-refractivity contribution in [3.63, 3.8) is 0 Å². The van der Waals surface area contributed by atoms with E-state index in [2.05, 4.69) is 18.3 Å². The molecule has 0 radical (unpaired) electrons. The number of nitriles is 1. The monoisotopic (exact) mass is 257 g/mol. The zero-order valence-corrected chi connectivity index (χ0v) is 11.7. The van der Waals surface area contributed by atoms with Gasteiger partial charge in [-0.05, 0) is 42.5 Å². The molecule has 102 valence electrons. The maximum atomic E-state index is 8.80. The minimum Gasteiger partial charge on any atom is -0.398 e. The Morgan fingerprint density at radius 1 is 1.42 bits per heavy atom. The van der Waals surface area contributed by atoms with Crippen molar-refractivity contribution in [2.24, 2.45) is 5.92 Å². The lowest BCUT2D eigenvalue weighted by atomic mass is 9.84. The number of anilines is 2. The summed E-state index contributed by atoms with van der Waals surface area (Å²) in [7, 11) is 0. The van der Waals surface area contributed by atoms with E-state index in [0.717, 1.165) is 17.2 Å². The molecule has 0 aliphatic heterocycles. The summed E-state index contributed by atoms with van der Waals surface area (Å²) in [5, 5.41) is 12.4. The Balaban J connectivity index is 2.02. The molecule has 1 saturated carbocycles. The fourth-order valence-corrected chi connectivity index (χ4v) is 2.96. The van der Waals surface area contributed by atoms with Gasteiger partial charge in [0.1, 0.15) is 0 Å². The van der Waals surface area contributed by atoms with E-state index in [9.17, 15) is 0 Å². The highest BCUT2D eigenvalue weighted by Gasteiger charge is 2.20. The molecule has 1 aromatic carbocycles. The van der Waals surface area contributed by atoms with Crippen LogP contribution < -0.4 is 11.1 Å². The highest BCUT2D eigenvalue weighted by atomic mass is 14.9. The molecule has 3 heteroatoms. The normalized spacial score (nSPS) is 22.7. The Hall–Kier alpha value is -1.69. The molecule has 2 rings (SSSR count). The SMILES string of the molecule is CCC1CCCC(Nc2ccc(N)c(CC#N)c2)C1. The lowest BCUT2D eigenvalue weighted by molar-refractivity contribution is 0.327. The number of hydrogen-bond donors (Lipinski definition) is 2. The van der Waals surface area contributed by atoms with Crippen molar-refractivity contribution in [3.8, 4) is 6.07 Å². The van der Waals surface area contributed by atoms with Crippen molar-refractivity contribution in [2.45, 2.75) is 51.5 Å². The maximum absolute atomic E-state index is 8.80. The number of nitrogens with zero attached hydrogens (tertiary/aromatic N) is 1. The number of nitrogens with one attached hydrogen (secondary N) is 1. The van der Waals surface area contributed by atoms with E-state index >= 15 is 0 Å². The molecular weight excluding hydrogens is 234 g/mol. The second-order valence-corrected chi connectivity index (χ2v) is 5.53. The Bertz CT molecular complexity index is 462. The van der Waals surface area contributed by atoms with Crippen LogP contribution >= 0.6 is 0 Å². The van der Waals surface area contributed by atoms with E-state index in [-0.39, 0.29) is 0 Å². The van der Waals surface area contributed by atoms with Crippen LogP contribution in [0, 0.1) is 17.2 Å². The van der Waals surface area contributed by atoms with E-state index in [1.165, 1.54) is 32.1 Å². The van der Waals surface area contributed by atoms with Crippen LogP contribution in [0.25, 0.3) is 0 Å². The summed E-state index contributed by atoms with van der Waals surface area (Å²) in [4.78, 5) is 0. The number of hydrogen-bond acceptors (Lipinski definition) is 3. The number of benzene rings is 1. The molecule has 0 bridgehead atoms. The van der Waals surface area contributed by atoms with E-state index in [1.807, 2.05) is 18.2 Å². The number of rotatable bonds is 4. The number of nitrogen functional groups attached to an aromatic ring is 1. The van der Waals surface area contributed by atoms with Gasteiger partial charge in [0.25, 0.3) is 0 Å². The Kier molecular flexibility index (Phi) is 4.68. The van der Waals surface area contributed by atoms with Gasteiger partial charge in [-0.3, -0.25) is 0 Å². The minimum absolute atomic E-state index is 0.379. The van der Waals surface area contributed by atoms with Crippen LogP contribution in [0.5, 0.6) is 0 Å². The fraction of sp³-hybridized carbons (Fsp3) is 0.562. The summed E-state index contributed by atoms with van der Waals surface area (Å²) in [5.74, 6) is 0.860. The van der Waals surface area contributed by atoms with E-state index in [4.69, 9.17) is 11.0 Å². The lowest BCUT2D eigenvalue weighted by Crippen LogP contribution is -2.27. The molecule has 0 spiro atoms. The first-order valence-electron chi connectivity index (χ1n) is 7.24. The summed E-state index contributed by atoms with van der Waals surface area (Å²) in [6.45, 7) is 2.28. The quantitative estimate of drug-likeness (QED) is 0.808. The van der Waals surface area contributed by atoms with Crippen molar-refractivity contribution < 1.29 is 0 Å². The molecule has 1 aliphatic carbocycles. The largest absolute Gasteiger partial charge is 0.398 e. The van der Waals surface area contributed by atoms with Gasteiger partial charge < -0.3 is 11.1 Å². The minimum atomic E-state index is 0.379. The summed E-state index contributed by atoms with van der Waals surface area (Å²) in [6, 6.07) is 8.67. The molecule has 2 atom stereocenters. The van der Waals surface area contributed by atoms with Crippen molar-refractivity contribution >= 4 is 11.4 Å². The zero-order chi connectivity index (χ0) is 13.7. The second-order valence-electron chi connectivity index (χ2n) is 5.53. The van der Waals surface area contributed by atoms with Gasteiger partial charge >= 0.3 is 0 Å². The topological polar surface area (TPSA) is 61.8 Å². The molecule has 3 N–H and O–H groups in total. The zero-order valence-electron chi connectivity index (χ0n) is 11.7. The first-order chi connectivity index (χ1) is 9.22. The van der Waals surface area contributed by atoms with Crippen molar-refractivity contribution in [1.29, 1.82) is 5.26 Å². The molecule has 19 heavy (non-hydrogen) atoms. The third-order valence-electron chi connectivity index (χ3n) is 4.14. The van der Waals surface area contributed by atoms with Crippen LogP contribution in [-0.2, 0) is 6.42 Å². The Labute approximate surface area is 115 Å². The van der Waals surface area contributed by atoms with E-state index in [1.54, 1.807) is 0 Å². The molecule has 1 aromatic rings. The summed E-state index contributed by atoms with van der Waals surface area (Å²) in [6.07, 6.45) is 6.85. The van der Waals surface area contributed by atoms with Crippen LogP contribution in [0.4, 0.5) is 11.4 Å². The molecular formula is C16H23N3. The molecule has 0 aromatic heterocycles. The average molecular weight is 257 g/mol. The highest BCUT2D eigenvalue weighted by Crippen LogP contribution is 2.29. The van der Waals surface area contributed by atoms with E-state index < -0.39 is 0 Å². The van der Waals surface area contributed by atoms with Gasteiger partial charge in [-0.2, -0.15) is 5.26 Å². The highest BCUT2D eigenvalue weighted by molar-refractivity contribution is 5.58. The Morgan fingerprint density at radius 2 is 2.26 bits per heavy atom. The van der Waals surface area contributed by atoms with Crippen molar-refractivity contribution in [3.05, 3.63) is 23.8 Å². The number of nitrogens with two attached hydrogens (primary N) is 1. The standard InChI is InChI=1S/C16H23N3/c1-2-12-4-3-5-14(10-12)19-15-6-7-16(18)13(11-15)8-9-17/h6-7,11-12,14,19H,2-5,8,10,18H2,1H3. The predicted octanol–water partition coefficient (Wildman–Crippen LogP) is 3.72. The van der Waals surface area contributed by atoms with Crippen LogP contribution in [-0.4, -0.2) is 6.04 Å². The first kappa shape index (κ1) is 13.7. The van der Waals surface area contributed by atoms with Gasteiger partial charge in [-0.1, -0.05) is 26.2 Å². The summed E-state index contributed by atoms with van der Waals surface area (Å²) >= 11 is 0. The molecule has 0 saturated heterocycles. The van der Waals surface area contributed by atoms with Gasteiger partial charge in [0.05, 0.1) is 12.5 Å². The lowest BCUT2D eigenvalue weighted by Gasteiger charge is -2.30. The molecule has 1 fully saturated rings. The van der Waals surface area contributed by atoms with Crippen molar-refractivity contribution in [2.75, 3.05) is 11.1 Å². The Morgan fingerprint density at radius 3 is 3.00 bits per heavy atom. The smallest absolute Gasteiger partial charge is 0.0670 e. The fourth-order valence-electron chi connectivity index (χ4n) is 2.96. The van der Waals surface area contributed by atoms with Gasteiger partial charge in [-0.25, -0.2) is 0 Å². The van der Waals surface area contributed by atoms with Gasteiger partial charge in [0.2, 0.25) is 0 Å². The third-order valence-corrected chi connectivity index (χ3v) is 4.14. The summed E-state index contributed by atoms with van der Waals surface area (Å²) < 4.78 is 0. The average Bonchev–Trinajstić information content (AvgIpc) is 2.43. The first-order valence-corrected chi connectivity index (χ1v) is 7.24. The summed E-state index contributed by atoms with van der Waals surface area (Å²) in [5.41, 5.74) is 8.61. The molecule has 0 heterocycles. The molecule has 0 amide bonds. The maximum Gasteiger partial charge on any atom is 0.0670 e. The second kappa shape index (κ2) is 6.47. The third kappa shape index (κ3) is 3.64.